The van der Waals surface area contributed by atoms with Crippen LogP contribution in [0, 0.1) is 17.8 Å². The minimum atomic E-state index is 0.936. The first-order valence-corrected chi connectivity index (χ1v) is 5.75. The van der Waals surface area contributed by atoms with Gasteiger partial charge in [0.05, 0.1) is 0 Å². The Morgan fingerprint density at radius 2 is 2.18 bits per heavy atom. The lowest BCUT2D eigenvalue weighted by Crippen LogP contribution is -2.06. The third kappa shape index (κ3) is 1.53. The molecule has 0 N–H and O–H groups in total. The Labute approximate surface area is 77.2 Å². The summed E-state index contributed by atoms with van der Waals surface area (Å²) in [5.74, 6) is 3.08. The molecule has 3 unspecified atom stereocenters. The Morgan fingerprint density at radius 3 is 2.73 bits per heavy atom. The smallest absolute Gasteiger partial charge is 0.0212 e. The molecule has 0 aliphatic heterocycles. The molecule has 2 saturated carbocycles. The van der Waals surface area contributed by atoms with Crippen molar-refractivity contribution in [2.45, 2.75) is 25.7 Å². The summed E-state index contributed by atoms with van der Waals surface area (Å²) in [4.78, 5) is 0. The molecule has 0 saturated heterocycles. The van der Waals surface area contributed by atoms with Gasteiger partial charge in [0.2, 0.25) is 0 Å². The van der Waals surface area contributed by atoms with Gasteiger partial charge < -0.3 is 0 Å². The average molecular weight is 215 g/mol. The number of hydrogen-bond acceptors (Lipinski definition) is 0. The molecule has 0 nitrogen and oxygen atoms in total. The van der Waals surface area contributed by atoms with Crippen molar-refractivity contribution in [1.29, 1.82) is 0 Å². The fourth-order valence-electron chi connectivity index (χ4n) is 2.76. The first kappa shape index (κ1) is 7.85. The second-order valence-electron chi connectivity index (χ2n) is 3.92. The highest BCUT2D eigenvalue weighted by Crippen LogP contribution is 2.48. The van der Waals surface area contributed by atoms with Crippen molar-refractivity contribution < 1.29 is 0 Å². The second-order valence-corrected chi connectivity index (χ2v) is 4.57. The van der Waals surface area contributed by atoms with Gasteiger partial charge in [0, 0.05) is 5.33 Å². The normalized spacial score (nSPS) is 42.5. The van der Waals surface area contributed by atoms with E-state index in [2.05, 4.69) is 28.1 Å². The van der Waals surface area contributed by atoms with Gasteiger partial charge in [0.25, 0.3) is 0 Å². The Morgan fingerprint density at radius 1 is 1.27 bits per heavy atom. The molecule has 3 atom stereocenters. The third-order valence-corrected chi connectivity index (χ3v) is 3.64. The van der Waals surface area contributed by atoms with Crippen molar-refractivity contribution in [3.8, 4) is 0 Å². The molecule has 0 aromatic heterocycles. The van der Waals surface area contributed by atoms with Crippen LogP contribution in [0.15, 0.2) is 12.2 Å². The molecule has 2 bridgehead atoms. The SMILES string of the molecule is BrC/C=C/C1CC2CCC1C2. The van der Waals surface area contributed by atoms with Crippen LogP contribution in [0.3, 0.4) is 0 Å². The van der Waals surface area contributed by atoms with Crippen molar-refractivity contribution in [1.82, 2.24) is 0 Å². The van der Waals surface area contributed by atoms with Crippen molar-refractivity contribution in [2.24, 2.45) is 17.8 Å². The summed E-state index contributed by atoms with van der Waals surface area (Å²) in [7, 11) is 0. The van der Waals surface area contributed by atoms with E-state index in [0.29, 0.717) is 0 Å². The summed E-state index contributed by atoms with van der Waals surface area (Å²) in [6, 6.07) is 0. The largest absolute Gasteiger partial charge is 0.0883 e. The number of allylic oxidation sites excluding steroid dienone is 2. The number of rotatable bonds is 2. The summed E-state index contributed by atoms with van der Waals surface area (Å²) >= 11 is 3.42. The number of halogens is 1. The van der Waals surface area contributed by atoms with E-state index >= 15 is 0 Å². The first-order chi connectivity index (χ1) is 5.40. The van der Waals surface area contributed by atoms with E-state index in [-0.39, 0.29) is 0 Å². The maximum Gasteiger partial charge on any atom is 0.0212 e. The Balaban J connectivity index is 1.92. The molecular formula is C10H15Br. The standard InChI is InChI=1S/C10H15Br/c11-5-1-2-9-6-8-3-4-10(9)7-8/h1-2,8-10H,3-7H2/b2-1+. The first-order valence-electron chi connectivity index (χ1n) is 4.62. The van der Waals surface area contributed by atoms with Crippen LogP contribution in [-0.2, 0) is 0 Å². The zero-order valence-corrected chi connectivity index (χ0v) is 8.39. The summed E-state index contributed by atoms with van der Waals surface area (Å²) in [5, 5.41) is 1.03. The molecule has 1 heteroatoms. The lowest BCUT2D eigenvalue weighted by atomic mass is 9.89. The quantitative estimate of drug-likeness (QED) is 0.489. The Hall–Kier alpha value is 0.220. The highest BCUT2D eigenvalue weighted by Gasteiger charge is 2.37. The van der Waals surface area contributed by atoms with Gasteiger partial charge in [0.1, 0.15) is 0 Å². The van der Waals surface area contributed by atoms with E-state index < -0.39 is 0 Å². The summed E-state index contributed by atoms with van der Waals surface area (Å²) in [6.07, 6.45) is 10.7. The van der Waals surface area contributed by atoms with Crippen LogP contribution in [0.4, 0.5) is 0 Å². The molecule has 2 rings (SSSR count). The predicted molar refractivity (Wildman–Crippen MR) is 51.9 cm³/mol. The molecule has 11 heavy (non-hydrogen) atoms. The number of hydrogen-bond donors (Lipinski definition) is 0. The molecule has 0 amide bonds. The van der Waals surface area contributed by atoms with Gasteiger partial charge in [-0.2, -0.15) is 0 Å². The highest BCUT2D eigenvalue weighted by molar-refractivity contribution is 9.09. The molecule has 0 heterocycles. The molecule has 0 aromatic rings. The van der Waals surface area contributed by atoms with Gasteiger partial charge in [-0.15, -0.1) is 0 Å². The van der Waals surface area contributed by atoms with Gasteiger partial charge in [-0.25, -0.2) is 0 Å². The minimum absolute atomic E-state index is 0.936. The fourth-order valence-corrected chi connectivity index (χ4v) is 2.97. The molecular weight excluding hydrogens is 200 g/mol. The van der Waals surface area contributed by atoms with E-state index in [0.717, 1.165) is 23.1 Å². The highest BCUT2D eigenvalue weighted by atomic mass is 79.9. The third-order valence-electron chi connectivity index (χ3n) is 3.27. The van der Waals surface area contributed by atoms with Crippen molar-refractivity contribution >= 4 is 15.9 Å². The van der Waals surface area contributed by atoms with E-state index in [1.165, 1.54) is 25.7 Å². The van der Waals surface area contributed by atoms with Crippen LogP contribution in [0.25, 0.3) is 0 Å². The monoisotopic (exact) mass is 214 g/mol. The summed E-state index contributed by atoms with van der Waals surface area (Å²) in [6.45, 7) is 0. The number of alkyl halides is 1. The van der Waals surface area contributed by atoms with E-state index in [4.69, 9.17) is 0 Å². The van der Waals surface area contributed by atoms with Crippen LogP contribution in [0.2, 0.25) is 0 Å². The van der Waals surface area contributed by atoms with Crippen molar-refractivity contribution in [3.05, 3.63) is 12.2 Å². The van der Waals surface area contributed by atoms with Crippen LogP contribution in [-0.4, -0.2) is 5.33 Å². The van der Waals surface area contributed by atoms with Gasteiger partial charge in [0.15, 0.2) is 0 Å². The second kappa shape index (κ2) is 3.30. The molecule has 0 radical (unpaired) electrons. The predicted octanol–water partition coefficient (Wildman–Crippen LogP) is 3.37. The Bertz CT molecular complexity index is 162. The molecule has 62 valence electrons. The van der Waals surface area contributed by atoms with Gasteiger partial charge in [-0.05, 0) is 37.0 Å². The lowest BCUT2D eigenvalue weighted by Gasteiger charge is -2.17. The molecule has 2 aliphatic rings. The van der Waals surface area contributed by atoms with Crippen LogP contribution in [0.5, 0.6) is 0 Å². The minimum Gasteiger partial charge on any atom is -0.0883 e. The molecule has 2 fully saturated rings. The molecule has 2 aliphatic carbocycles. The van der Waals surface area contributed by atoms with E-state index in [1.54, 1.807) is 0 Å². The maximum atomic E-state index is 3.42. The van der Waals surface area contributed by atoms with Crippen LogP contribution < -0.4 is 0 Å². The fraction of sp³-hybridized carbons (Fsp3) is 0.800. The maximum absolute atomic E-state index is 3.42. The zero-order chi connectivity index (χ0) is 7.68. The van der Waals surface area contributed by atoms with E-state index in [1.807, 2.05) is 0 Å². The van der Waals surface area contributed by atoms with Gasteiger partial charge in [-0.3, -0.25) is 0 Å². The average Bonchev–Trinajstić information content (AvgIpc) is 2.60. The zero-order valence-electron chi connectivity index (χ0n) is 6.80. The number of fused-ring (bicyclic) bond motifs is 2. The summed E-state index contributed by atoms with van der Waals surface area (Å²) in [5.41, 5.74) is 0. The molecule has 0 spiro atoms. The van der Waals surface area contributed by atoms with Crippen LogP contribution >= 0.6 is 15.9 Å². The Kier molecular flexibility index (Phi) is 2.36. The topological polar surface area (TPSA) is 0 Å². The van der Waals surface area contributed by atoms with E-state index in [9.17, 15) is 0 Å². The van der Waals surface area contributed by atoms with Gasteiger partial charge in [-0.1, -0.05) is 34.5 Å². The molecule has 0 aromatic carbocycles. The lowest BCUT2D eigenvalue weighted by molar-refractivity contribution is 0.394. The van der Waals surface area contributed by atoms with Crippen molar-refractivity contribution in [2.75, 3.05) is 5.33 Å². The van der Waals surface area contributed by atoms with Crippen molar-refractivity contribution in [3.63, 3.8) is 0 Å². The van der Waals surface area contributed by atoms with Crippen LogP contribution in [0.1, 0.15) is 25.7 Å². The summed E-state index contributed by atoms with van der Waals surface area (Å²) < 4.78 is 0. The van der Waals surface area contributed by atoms with Gasteiger partial charge >= 0.3 is 0 Å².